The van der Waals surface area contributed by atoms with Gasteiger partial charge in [-0.1, -0.05) is 48.2 Å². The predicted molar refractivity (Wildman–Crippen MR) is 114 cm³/mol. The molecular weight excluding hydrogens is 394 g/mol. The molecule has 27 heavy (non-hydrogen) atoms. The van der Waals surface area contributed by atoms with E-state index in [1.165, 1.54) is 4.21 Å². The smallest absolute Gasteiger partial charge is 0.188 e. The highest BCUT2D eigenvalue weighted by atomic mass is 32.2. The molecule has 0 amide bonds. The molecule has 0 aliphatic rings. The number of thiophene rings is 1. The zero-order valence-electron chi connectivity index (χ0n) is 14.6. The molecule has 3 aromatic heterocycles. The molecule has 0 saturated heterocycles. The van der Waals surface area contributed by atoms with Crippen molar-refractivity contribution < 1.29 is 4.74 Å². The molecule has 0 fully saturated rings. The van der Waals surface area contributed by atoms with E-state index in [-0.39, 0.29) is 0 Å². The number of rotatable bonds is 7. The largest absolute Gasteiger partial charge is 0.485 e. The molecule has 0 atom stereocenters. The van der Waals surface area contributed by atoms with Gasteiger partial charge in [0.15, 0.2) is 16.7 Å². The molecular formula is C20H17N3OS3. The SMILES string of the molecule is Cc1csc(Nc2ncc(Sc3cccs3)cc2OCc2ccccc2)n1. The van der Waals surface area contributed by atoms with Crippen molar-refractivity contribution in [2.75, 3.05) is 5.32 Å². The van der Waals surface area contributed by atoms with Crippen LogP contribution < -0.4 is 10.1 Å². The summed E-state index contributed by atoms with van der Waals surface area (Å²) in [6, 6.07) is 16.3. The summed E-state index contributed by atoms with van der Waals surface area (Å²) in [5, 5.41) is 8.17. The first-order valence-corrected chi connectivity index (χ1v) is 10.9. The summed E-state index contributed by atoms with van der Waals surface area (Å²) in [7, 11) is 0. The summed E-state index contributed by atoms with van der Waals surface area (Å²) < 4.78 is 7.33. The average Bonchev–Trinajstić information content (AvgIpc) is 3.34. The molecule has 0 aliphatic carbocycles. The zero-order chi connectivity index (χ0) is 18.5. The summed E-state index contributed by atoms with van der Waals surface area (Å²) in [4.78, 5) is 10.1. The van der Waals surface area contributed by atoms with Crippen molar-refractivity contribution in [3.63, 3.8) is 0 Å². The fourth-order valence-corrected chi connectivity index (χ4v) is 4.81. The monoisotopic (exact) mass is 411 g/mol. The molecule has 1 aromatic carbocycles. The lowest BCUT2D eigenvalue weighted by molar-refractivity contribution is 0.306. The van der Waals surface area contributed by atoms with E-state index in [1.807, 2.05) is 48.8 Å². The van der Waals surface area contributed by atoms with Crippen molar-refractivity contribution in [1.82, 2.24) is 9.97 Å². The van der Waals surface area contributed by atoms with Crippen LogP contribution in [-0.2, 0) is 6.61 Å². The zero-order valence-corrected chi connectivity index (χ0v) is 17.0. The molecule has 0 spiro atoms. The molecule has 0 unspecified atom stereocenters. The van der Waals surface area contributed by atoms with Crippen molar-refractivity contribution in [2.45, 2.75) is 22.6 Å². The van der Waals surface area contributed by atoms with E-state index in [1.54, 1.807) is 34.4 Å². The number of aryl methyl sites for hydroxylation is 1. The summed E-state index contributed by atoms with van der Waals surface area (Å²) in [6.45, 7) is 2.46. The van der Waals surface area contributed by atoms with Crippen molar-refractivity contribution in [1.29, 1.82) is 0 Å². The van der Waals surface area contributed by atoms with E-state index in [0.717, 1.165) is 21.3 Å². The number of thiazole rings is 1. The van der Waals surface area contributed by atoms with Crippen molar-refractivity contribution in [3.05, 3.63) is 76.7 Å². The summed E-state index contributed by atoms with van der Waals surface area (Å²) >= 11 is 4.95. The minimum absolute atomic E-state index is 0.487. The van der Waals surface area contributed by atoms with E-state index < -0.39 is 0 Å². The van der Waals surface area contributed by atoms with Gasteiger partial charge < -0.3 is 10.1 Å². The Kier molecular flexibility index (Phi) is 5.72. The Balaban J connectivity index is 1.58. The average molecular weight is 412 g/mol. The molecule has 4 nitrogen and oxygen atoms in total. The highest BCUT2D eigenvalue weighted by Crippen LogP contribution is 2.36. The van der Waals surface area contributed by atoms with Crippen LogP contribution in [0.3, 0.4) is 0 Å². The van der Waals surface area contributed by atoms with Crippen LogP contribution >= 0.6 is 34.4 Å². The molecule has 0 aliphatic heterocycles. The van der Waals surface area contributed by atoms with E-state index in [0.29, 0.717) is 18.2 Å². The Morgan fingerprint density at radius 2 is 2.00 bits per heavy atom. The number of nitrogens with one attached hydrogen (secondary N) is 1. The first-order chi connectivity index (χ1) is 13.3. The van der Waals surface area contributed by atoms with Crippen LogP contribution in [-0.4, -0.2) is 9.97 Å². The standard InChI is InChI=1S/C20H17N3OS3/c1-14-13-26-20(22-14)23-19-17(24-12-15-6-3-2-4-7-15)10-16(11-21-19)27-18-8-5-9-25-18/h2-11,13H,12H2,1H3,(H,21,22,23). The number of anilines is 2. The van der Waals surface area contributed by atoms with Gasteiger partial charge in [0.2, 0.25) is 0 Å². The maximum atomic E-state index is 6.10. The number of pyridine rings is 1. The van der Waals surface area contributed by atoms with Crippen LogP contribution in [0.4, 0.5) is 10.9 Å². The third-order valence-corrected chi connectivity index (χ3v) is 6.49. The first-order valence-electron chi connectivity index (χ1n) is 8.33. The van der Waals surface area contributed by atoms with Gasteiger partial charge in [0, 0.05) is 16.5 Å². The van der Waals surface area contributed by atoms with Crippen molar-refractivity contribution in [3.8, 4) is 5.75 Å². The van der Waals surface area contributed by atoms with Crippen LogP contribution in [0.25, 0.3) is 0 Å². The van der Waals surface area contributed by atoms with Gasteiger partial charge in [-0.15, -0.1) is 22.7 Å². The molecule has 4 aromatic rings. The van der Waals surface area contributed by atoms with E-state index in [9.17, 15) is 0 Å². The fourth-order valence-electron chi connectivity index (χ4n) is 2.37. The van der Waals surface area contributed by atoms with Crippen molar-refractivity contribution >= 4 is 45.4 Å². The normalized spacial score (nSPS) is 10.7. The van der Waals surface area contributed by atoms with Crippen LogP contribution in [0, 0.1) is 6.92 Å². The Bertz CT molecular complexity index is 1000. The summed E-state index contributed by atoms with van der Waals surface area (Å²) in [5.74, 6) is 1.39. The molecule has 3 heterocycles. The van der Waals surface area contributed by atoms with E-state index in [2.05, 4.69) is 38.9 Å². The molecule has 4 rings (SSSR count). The maximum Gasteiger partial charge on any atom is 0.188 e. The number of benzene rings is 1. The highest BCUT2D eigenvalue weighted by Gasteiger charge is 2.11. The van der Waals surface area contributed by atoms with Crippen molar-refractivity contribution in [2.24, 2.45) is 0 Å². The lowest BCUT2D eigenvalue weighted by Crippen LogP contribution is -2.01. The molecule has 0 saturated carbocycles. The fraction of sp³-hybridized carbons (Fsp3) is 0.100. The Hall–Kier alpha value is -2.35. The van der Waals surface area contributed by atoms with Gasteiger partial charge in [-0.05, 0) is 30.0 Å². The Labute approximate surface area is 170 Å². The van der Waals surface area contributed by atoms with Crippen LogP contribution in [0.15, 0.2) is 74.6 Å². The third kappa shape index (κ3) is 4.88. The maximum absolute atomic E-state index is 6.10. The second kappa shape index (κ2) is 8.56. The van der Waals surface area contributed by atoms with Gasteiger partial charge in [0.1, 0.15) is 6.61 Å². The Morgan fingerprint density at radius 3 is 2.74 bits per heavy atom. The second-order valence-corrected chi connectivity index (χ2v) is 8.92. The Morgan fingerprint density at radius 1 is 1.11 bits per heavy atom. The first kappa shape index (κ1) is 18.0. The van der Waals surface area contributed by atoms with Gasteiger partial charge in [0.25, 0.3) is 0 Å². The highest BCUT2D eigenvalue weighted by molar-refractivity contribution is 8.01. The topological polar surface area (TPSA) is 47.0 Å². The predicted octanol–water partition coefficient (Wildman–Crippen LogP) is 6.38. The van der Waals surface area contributed by atoms with Gasteiger partial charge in [0.05, 0.1) is 9.90 Å². The minimum atomic E-state index is 0.487. The number of nitrogens with zero attached hydrogens (tertiary/aromatic N) is 2. The lowest BCUT2D eigenvalue weighted by atomic mass is 10.2. The van der Waals surface area contributed by atoms with E-state index >= 15 is 0 Å². The molecule has 136 valence electrons. The van der Waals surface area contributed by atoms with Crippen LogP contribution in [0.1, 0.15) is 11.3 Å². The quantitative estimate of drug-likeness (QED) is 0.382. The summed E-state index contributed by atoms with van der Waals surface area (Å²) in [5.41, 5.74) is 2.10. The number of aromatic nitrogens is 2. The molecule has 0 bridgehead atoms. The number of hydrogen-bond acceptors (Lipinski definition) is 7. The van der Waals surface area contributed by atoms with Gasteiger partial charge >= 0.3 is 0 Å². The van der Waals surface area contributed by atoms with Gasteiger partial charge in [-0.2, -0.15) is 0 Å². The van der Waals surface area contributed by atoms with Gasteiger partial charge in [-0.25, -0.2) is 9.97 Å². The van der Waals surface area contributed by atoms with Crippen LogP contribution in [0.5, 0.6) is 5.75 Å². The minimum Gasteiger partial charge on any atom is -0.485 e. The van der Waals surface area contributed by atoms with E-state index in [4.69, 9.17) is 4.74 Å². The lowest BCUT2D eigenvalue weighted by Gasteiger charge is -2.12. The number of hydrogen-bond donors (Lipinski definition) is 1. The second-order valence-electron chi connectivity index (χ2n) is 5.75. The molecule has 7 heteroatoms. The number of ether oxygens (including phenoxy) is 1. The summed E-state index contributed by atoms with van der Waals surface area (Å²) in [6.07, 6.45) is 1.86. The molecule has 0 radical (unpaired) electrons. The molecule has 1 N–H and O–H groups in total. The third-order valence-electron chi connectivity index (χ3n) is 3.62. The van der Waals surface area contributed by atoms with Gasteiger partial charge in [-0.3, -0.25) is 0 Å². The van der Waals surface area contributed by atoms with Crippen LogP contribution in [0.2, 0.25) is 0 Å².